The largest absolute Gasteiger partial charge is 0.444 e. The van der Waals surface area contributed by atoms with Crippen molar-refractivity contribution in [2.45, 2.75) is 51.2 Å². The van der Waals surface area contributed by atoms with Gasteiger partial charge in [-0.25, -0.2) is 4.79 Å². The Hall–Kier alpha value is -0.810. The van der Waals surface area contributed by atoms with Crippen LogP contribution in [0.1, 0.15) is 40.0 Å². The molecule has 17 heavy (non-hydrogen) atoms. The Labute approximate surface area is 103 Å². The number of carbonyl (C=O) groups excluding carboxylic acids is 1. The third kappa shape index (κ3) is 5.89. The molecule has 1 aliphatic rings. The molecule has 3 N–H and O–H groups in total. The second-order valence-corrected chi connectivity index (χ2v) is 5.68. The quantitative estimate of drug-likeness (QED) is 0.693. The third-order valence-electron chi connectivity index (χ3n) is 2.71. The Bertz CT molecular complexity index is 255. The highest BCUT2D eigenvalue weighted by Crippen LogP contribution is 2.19. The fourth-order valence-electron chi connectivity index (χ4n) is 1.88. The van der Waals surface area contributed by atoms with Gasteiger partial charge in [-0.1, -0.05) is 0 Å². The lowest BCUT2D eigenvalue weighted by Crippen LogP contribution is -2.47. The lowest BCUT2D eigenvalue weighted by Gasteiger charge is -2.32. The van der Waals surface area contributed by atoms with Crippen molar-refractivity contribution >= 4 is 6.09 Å². The molecule has 0 bridgehead atoms. The van der Waals surface area contributed by atoms with Gasteiger partial charge in [0.05, 0.1) is 5.60 Å². The summed E-state index contributed by atoms with van der Waals surface area (Å²) in [4.78, 5) is 11.4. The summed E-state index contributed by atoms with van der Waals surface area (Å²) in [5, 5.41) is 16.0. The van der Waals surface area contributed by atoms with Gasteiger partial charge in [-0.2, -0.15) is 0 Å². The van der Waals surface area contributed by atoms with Crippen molar-refractivity contribution < 1.29 is 14.6 Å². The van der Waals surface area contributed by atoms with Crippen molar-refractivity contribution in [2.75, 3.05) is 19.6 Å². The van der Waals surface area contributed by atoms with Gasteiger partial charge >= 0.3 is 6.09 Å². The number of rotatable bonds is 3. The Balaban J connectivity index is 2.20. The summed E-state index contributed by atoms with van der Waals surface area (Å²) in [5.41, 5.74) is -1.17. The molecule has 1 heterocycles. The van der Waals surface area contributed by atoms with E-state index in [0.717, 1.165) is 19.4 Å². The van der Waals surface area contributed by atoms with Crippen molar-refractivity contribution in [1.29, 1.82) is 0 Å². The third-order valence-corrected chi connectivity index (χ3v) is 2.71. The van der Waals surface area contributed by atoms with E-state index in [1.165, 1.54) is 0 Å². The Morgan fingerprint density at radius 3 is 2.76 bits per heavy atom. The molecule has 1 rings (SSSR count). The van der Waals surface area contributed by atoms with Crippen LogP contribution in [0.5, 0.6) is 0 Å². The van der Waals surface area contributed by atoms with Crippen LogP contribution < -0.4 is 10.6 Å². The van der Waals surface area contributed by atoms with Crippen LogP contribution >= 0.6 is 0 Å². The van der Waals surface area contributed by atoms with E-state index in [1.54, 1.807) is 0 Å². The maximum Gasteiger partial charge on any atom is 0.407 e. The van der Waals surface area contributed by atoms with E-state index in [4.69, 9.17) is 4.74 Å². The number of piperidine rings is 1. The van der Waals surface area contributed by atoms with E-state index in [0.29, 0.717) is 19.5 Å². The summed E-state index contributed by atoms with van der Waals surface area (Å²) >= 11 is 0. The first-order valence-electron chi connectivity index (χ1n) is 6.21. The average molecular weight is 244 g/mol. The Kier molecular flexibility index (Phi) is 4.77. The highest BCUT2D eigenvalue weighted by molar-refractivity contribution is 5.67. The van der Waals surface area contributed by atoms with Gasteiger partial charge in [0.25, 0.3) is 0 Å². The summed E-state index contributed by atoms with van der Waals surface area (Å²) < 4.78 is 5.11. The number of hydrogen-bond donors (Lipinski definition) is 3. The van der Waals surface area contributed by atoms with Crippen molar-refractivity contribution in [2.24, 2.45) is 0 Å². The average Bonchev–Trinajstić information content (AvgIpc) is 2.15. The van der Waals surface area contributed by atoms with Crippen LogP contribution in [0.2, 0.25) is 0 Å². The molecule has 1 saturated heterocycles. The molecule has 1 fully saturated rings. The first-order chi connectivity index (χ1) is 7.81. The minimum absolute atomic E-state index is 0.426. The Morgan fingerprint density at radius 1 is 1.53 bits per heavy atom. The SMILES string of the molecule is CC(C)(C)OC(=O)NCC[C@@]1(O)CCCNC1. The summed E-state index contributed by atoms with van der Waals surface area (Å²) in [6.07, 6.45) is 1.89. The molecule has 5 nitrogen and oxygen atoms in total. The van der Waals surface area contributed by atoms with Gasteiger partial charge in [0.15, 0.2) is 0 Å². The number of nitrogens with one attached hydrogen (secondary N) is 2. The zero-order valence-electron chi connectivity index (χ0n) is 11.0. The number of amides is 1. The Morgan fingerprint density at radius 2 is 2.24 bits per heavy atom. The van der Waals surface area contributed by atoms with Gasteiger partial charge in [0, 0.05) is 13.1 Å². The van der Waals surface area contributed by atoms with Crippen LogP contribution in [0.3, 0.4) is 0 Å². The fourth-order valence-corrected chi connectivity index (χ4v) is 1.88. The lowest BCUT2D eigenvalue weighted by molar-refractivity contribution is 0.00745. The summed E-state index contributed by atoms with van der Waals surface area (Å²) in [7, 11) is 0. The first kappa shape index (κ1) is 14.3. The summed E-state index contributed by atoms with van der Waals surface area (Å²) in [6.45, 7) is 7.47. The molecule has 100 valence electrons. The highest BCUT2D eigenvalue weighted by Gasteiger charge is 2.28. The molecular weight excluding hydrogens is 220 g/mol. The van der Waals surface area contributed by atoms with Crippen molar-refractivity contribution in [3.8, 4) is 0 Å². The standard InChI is InChI=1S/C12H24N2O3/c1-11(2,3)17-10(15)14-8-6-12(16)5-4-7-13-9-12/h13,16H,4-9H2,1-3H3,(H,14,15)/t12-/m0/s1. The van der Waals surface area contributed by atoms with Crippen molar-refractivity contribution in [3.63, 3.8) is 0 Å². The number of carbonyl (C=O) groups is 1. The molecule has 5 heteroatoms. The molecule has 0 saturated carbocycles. The van der Waals surface area contributed by atoms with Crippen molar-refractivity contribution in [3.05, 3.63) is 0 Å². The fraction of sp³-hybridized carbons (Fsp3) is 0.917. The normalized spacial score (nSPS) is 25.4. The molecular formula is C12H24N2O3. The monoisotopic (exact) mass is 244 g/mol. The molecule has 0 unspecified atom stereocenters. The predicted octanol–water partition coefficient (Wildman–Crippen LogP) is 1.02. The van der Waals surface area contributed by atoms with Gasteiger partial charge in [-0.15, -0.1) is 0 Å². The van der Waals surface area contributed by atoms with Crippen LogP contribution in [-0.4, -0.2) is 42.0 Å². The smallest absolute Gasteiger partial charge is 0.407 e. The molecule has 1 amide bonds. The van der Waals surface area contributed by atoms with Crippen LogP contribution in [0.25, 0.3) is 0 Å². The molecule has 0 aliphatic carbocycles. The van der Waals surface area contributed by atoms with Gasteiger partial charge < -0.3 is 20.5 Å². The molecule has 0 aromatic rings. The van der Waals surface area contributed by atoms with Gasteiger partial charge in [0.1, 0.15) is 5.60 Å². The number of β-amino-alcohol motifs (C(OH)–C–C–N with tert-alkyl or cyclic N) is 1. The summed E-state index contributed by atoms with van der Waals surface area (Å²) in [5.74, 6) is 0. The van der Waals surface area contributed by atoms with E-state index in [2.05, 4.69) is 10.6 Å². The zero-order chi connectivity index (χ0) is 12.9. The maximum atomic E-state index is 11.4. The van der Waals surface area contributed by atoms with E-state index >= 15 is 0 Å². The minimum Gasteiger partial charge on any atom is -0.444 e. The molecule has 1 atom stereocenters. The number of alkyl carbamates (subject to hydrolysis) is 1. The minimum atomic E-state index is -0.687. The summed E-state index contributed by atoms with van der Waals surface area (Å²) in [6, 6.07) is 0. The molecule has 0 spiro atoms. The zero-order valence-corrected chi connectivity index (χ0v) is 11.0. The number of ether oxygens (including phenoxy) is 1. The lowest BCUT2D eigenvalue weighted by atomic mass is 9.91. The van der Waals surface area contributed by atoms with Crippen LogP contribution in [0.4, 0.5) is 4.79 Å². The molecule has 0 aromatic heterocycles. The van der Waals surface area contributed by atoms with Gasteiger partial charge in [0.2, 0.25) is 0 Å². The first-order valence-corrected chi connectivity index (χ1v) is 6.21. The van der Waals surface area contributed by atoms with E-state index in [1.807, 2.05) is 20.8 Å². The molecule has 0 aromatic carbocycles. The molecule has 0 radical (unpaired) electrons. The van der Waals surface area contributed by atoms with Crippen LogP contribution in [0.15, 0.2) is 0 Å². The second kappa shape index (κ2) is 5.69. The van der Waals surface area contributed by atoms with Crippen LogP contribution in [-0.2, 0) is 4.74 Å². The van der Waals surface area contributed by atoms with E-state index in [9.17, 15) is 9.90 Å². The predicted molar refractivity (Wildman–Crippen MR) is 65.9 cm³/mol. The highest BCUT2D eigenvalue weighted by atomic mass is 16.6. The van der Waals surface area contributed by atoms with Gasteiger partial charge in [-0.05, 0) is 46.6 Å². The number of hydrogen-bond acceptors (Lipinski definition) is 4. The van der Waals surface area contributed by atoms with Gasteiger partial charge in [-0.3, -0.25) is 0 Å². The number of aliphatic hydroxyl groups is 1. The van der Waals surface area contributed by atoms with Crippen LogP contribution in [0, 0.1) is 0 Å². The van der Waals surface area contributed by atoms with E-state index < -0.39 is 17.3 Å². The van der Waals surface area contributed by atoms with Crippen molar-refractivity contribution in [1.82, 2.24) is 10.6 Å². The second-order valence-electron chi connectivity index (χ2n) is 5.68. The molecule has 1 aliphatic heterocycles. The topological polar surface area (TPSA) is 70.6 Å². The maximum absolute atomic E-state index is 11.4. The van der Waals surface area contributed by atoms with E-state index in [-0.39, 0.29) is 0 Å².